The number of nitrogens with one attached hydrogen (secondary N) is 1. The Hall–Kier alpha value is -3.17. The smallest absolute Gasteiger partial charge is 0.244 e. The third-order valence-corrected chi connectivity index (χ3v) is 8.56. The Balaban J connectivity index is 2.02. The van der Waals surface area contributed by atoms with Gasteiger partial charge in [0.25, 0.3) is 0 Å². The van der Waals surface area contributed by atoms with Crippen LogP contribution in [-0.4, -0.2) is 50.5 Å². The molecule has 3 aromatic carbocycles. The van der Waals surface area contributed by atoms with Gasteiger partial charge in [0.05, 0.1) is 11.9 Å². The van der Waals surface area contributed by atoms with Crippen molar-refractivity contribution >= 4 is 43.5 Å². The van der Waals surface area contributed by atoms with Gasteiger partial charge in [-0.1, -0.05) is 97.7 Å². The first-order chi connectivity index (χ1) is 19.5. The zero-order chi connectivity index (χ0) is 30.0. The lowest BCUT2D eigenvalue weighted by Gasteiger charge is -2.33. The molecule has 41 heavy (non-hydrogen) atoms. The van der Waals surface area contributed by atoms with Crippen LogP contribution in [0.4, 0.5) is 5.69 Å². The second-order valence-electron chi connectivity index (χ2n) is 10.5. The highest BCUT2D eigenvalue weighted by molar-refractivity contribution is 9.10. The van der Waals surface area contributed by atoms with Gasteiger partial charge < -0.3 is 10.2 Å². The molecule has 220 valence electrons. The quantitative estimate of drug-likeness (QED) is 0.222. The number of hydrogen-bond acceptors (Lipinski definition) is 4. The number of benzene rings is 3. The summed E-state index contributed by atoms with van der Waals surface area (Å²) in [5.74, 6) is -0.443. The molecule has 9 heteroatoms. The fourth-order valence-electron chi connectivity index (χ4n) is 4.49. The number of nitrogens with zero attached hydrogens (tertiary/aromatic N) is 2. The van der Waals surface area contributed by atoms with Crippen molar-refractivity contribution < 1.29 is 18.0 Å². The van der Waals surface area contributed by atoms with Crippen molar-refractivity contribution in [3.05, 3.63) is 100 Å². The summed E-state index contributed by atoms with van der Waals surface area (Å²) in [6.07, 6.45) is 3.13. The molecule has 3 aromatic rings. The maximum atomic E-state index is 14.1. The largest absolute Gasteiger partial charge is 0.354 e. The monoisotopic (exact) mass is 641 g/mol. The summed E-state index contributed by atoms with van der Waals surface area (Å²) in [5, 5.41) is 2.99. The van der Waals surface area contributed by atoms with Crippen LogP contribution in [0.25, 0.3) is 0 Å². The van der Waals surface area contributed by atoms with Gasteiger partial charge in [0.1, 0.15) is 12.6 Å². The Bertz CT molecular complexity index is 1380. The standard InChI is InChI=1S/C32H40BrN3O4S/c1-5-6-20-34-32(38)30(21-25-10-8-7-9-11-25)35(22-26-12-16-28(33)17-13-26)31(37)23-36(41(4,39)40)29-18-14-27(15-19-29)24(2)3/h7-19,24,30H,5-6,20-23H2,1-4H3,(H,34,38). The topological polar surface area (TPSA) is 86.8 Å². The molecule has 0 spiro atoms. The summed E-state index contributed by atoms with van der Waals surface area (Å²) >= 11 is 3.45. The second-order valence-corrected chi connectivity index (χ2v) is 13.3. The number of hydrogen-bond donors (Lipinski definition) is 1. The average Bonchev–Trinajstić information content (AvgIpc) is 2.94. The molecule has 0 radical (unpaired) electrons. The lowest BCUT2D eigenvalue weighted by Crippen LogP contribution is -2.53. The lowest BCUT2D eigenvalue weighted by molar-refractivity contribution is -0.140. The zero-order valence-electron chi connectivity index (χ0n) is 24.2. The highest BCUT2D eigenvalue weighted by atomic mass is 79.9. The molecule has 0 aliphatic carbocycles. The van der Waals surface area contributed by atoms with Crippen molar-refractivity contribution in [2.45, 2.75) is 58.5 Å². The summed E-state index contributed by atoms with van der Waals surface area (Å²) in [5.41, 5.74) is 3.20. The van der Waals surface area contributed by atoms with Gasteiger partial charge in [0.15, 0.2) is 0 Å². The van der Waals surface area contributed by atoms with Gasteiger partial charge in [-0.25, -0.2) is 8.42 Å². The van der Waals surface area contributed by atoms with Gasteiger partial charge in [-0.15, -0.1) is 0 Å². The number of rotatable bonds is 14. The first-order valence-electron chi connectivity index (χ1n) is 13.9. The molecule has 7 nitrogen and oxygen atoms in total. The number of carbonyl (C=O) groups excluding carboxylic acids is 2. The van der Waals surface area contributed by atoms with E-state index < -0.39 is 28.5 Å². The predicted molar refractivity (Wildman–Crippen MR) is 169 cm³/mol. The second kappa shape index (κ2) is 15.2. The zero-order valence-corrected chi connectivity index (χ0v) is 26.6. The van der Waals surface area contributed by atoms with E-state index in [0.29, 0.717) is 18.7 Å². The number of halogens is 1. The van der Waals surface area contributed by atoms with E-state index in [-0.39, 0.29) is 18.4 Å². The molecule has 0 heterocycles. The van der Waals surface area contributed by atoms with Crippen LogP contribution in [0.1, 0.15) is 56.2 Å². The van der Waals surface area contributed by atoms with Crippen molar-refractivity contribution in [1.82, 2.24) is 10.2 Å². The average molecular weight is 643 g/mol. The van der Waals surface area contributed by atoms with E-state index >= 15 is 0 Å². The maximum absolute atomic E-state index is 14.1. The molecule has 0 bridgehead atoms. The number of amides is 2. The van der Waals surface area contributed by atoms with Crippen LogP contribution >= 0.6 is 15.9 Å². The van der Waals surface area contributed by atoms with Crippen LogP contribution in [0.2, 0.25) is 0 Å². The van der Waals surface area contributed by atoms with Gasteiger partial charge in [-0.3, -0.25) is 13.9 Å². The first kappa shape index (κ1) is 32.3. The van der Waals surface area contributed by atoms with E-state index in [4.69, 9.17) is 0 Å². The Morgan fingerprint density at radius 1 is 0.902 bits per heavy atom. The van der Waals surface area contributed by atoms with Crippen LogP contribution < -0.4 is 9.62 Å². The molecule has 2 amide bonds. The van der Waals surface area contributed by atoms with Crippen molar-refractivity contribution in [2.75, 3.05) is 23.7 Å². The fraction of sp³-hybridized carbons (Fsp3) is 0.375. The normalized spacial score (nSPS) is 12.1. The van der Waals surface area contributed by atoms with Crippen molar-refractivity contribution in [1.29, 1.82) is 0 Å². The Morgan fingerprint density at radius 2 is 1.54 bits per heavy atom. The Kier molecular flexibility index (Phi) is 12.0. The molecule has 0 fully saturated rings. The molecule has 3 rings (SSSR count). The van der Waals surface area contributed by atoms with Crippen LogP contribution in [0.5, 0.6) is 0 Å². The molecule has 1 atom stereocenters. The Morgan fingerprint density at radius 3 is 2.10 bits per heavy atom. The van der Waals surface area contributed by atoms with E-state index in [9.17, 15) is 18.0 Å². The minimum atomic E-state index is -3.80. The highest BCUT2D eigenvalue weighted by Gasteiger charge is 2.33. The molecule has 1 unspecified atom stereocenters. The van der Waals surface area contributed by atoms with Crippen molar-refractivity contribution in [3.63, 3.8) is 0 Å². The fourth-order valence-corrected chi connectivity index (χ4v) is 5.60. The van der Waals surface area contributed by atoms with E-state index in [1.54, 1.807) is 12.1 Å². The molecule has 0 saturated heterocycles. The van der Waals surface area contributed by atoms with Crippen molar-refractivity contribution in [3.8, 4) is 0 Å². The number of carbonyl (C=O) groups is 2. The van der Waals surface area contributed by atoms with E-state index in [1.807, 2.05) is 73.7 Å². The molecular formula is C32H40BrN3O4S. The molecular weight excluding hydrogens is 602 g/mol. The summed E-state index contributed by atoms with van der Waals surface area (Å²) in [4.78, 5) is 29.3. The van der Waals surface area contributed by atoms with Gasteiger partial charge in [0.2, 0.25) is 21.8 Å². The van der Waals surface area contributed by atoms with Crippen LogP contribution in [-0.2, 0) is 32.6 Å². The minimum absolute atomic E-state index is 0.148. The number of anilines is 1. The summed E-state index contributed by atoms with van der Waals surface area (Å²) in [7, 11) is -3.80. The van der Waals surface area contributed by atoms with E-state index in [1.165, 1.54) is 4.90 Å². The Labute approximate surface area is 253 Å². The van der Waals surface area contributed by atoms with Gasteiger partial charge in [-0.05, 0) is 53.3 Å². The van der Waals surface area contributed by atoms with Gasteiger partial charge in [-0.2, -0.15) is 0 Å². The number of unbranched alkanes of at least 4 members (excludes halogenated alkanes) is 1. The third-order valence-electron chi connectivity index (χ3n) is 6.89. The van der Waals surface area contributed by atoms with Crippen molar-refractivity contribution in [2.24, 2.45) is 0 Å². The van der Waals surface area contributed by atoms with Gasteiger partial charge >= 0.3 is 0 Å². The molecule has 0 aliphatic heterocycles. The summed E-state index contributed by atoms with van der Waals surface area (Å²) < 4.78 is 27.9. The van der Waals surface area contributed by atoms with Crippen LogP contribution in [0, 0.1) is 0 Å². The third kappa shape index (κ3) is 9.71. The molecule has 0 aromatic heterocycles. The lowest BCUT2D eigenvalue weighted by atomic mass is 10.0. The van der Waals surface area contributed by atoms with Crippen LogP contribution in [0.3, 0.4) is 0 Å². The highest BCUT2D eigenvalue weighted by Crippen LogP contribution is 2.23. The van der Waals surface area contributed by atoms with Gasteiger partial charge in [0, 0.05) is 24.0 Å². The first-order valence-corrected chi connectivity index (χ1v) is 16.6. The molecule has 1 N–H and O–H groups in total. The predicted octanol–water partition coefficient (Wildman–Crippen LogP) is 5.89. The molecule has 0 aliphatic rings. The summed E-state index contributed by atoms with van der Waals surface area (Å²) in [6, 6.07) is 23.4. The van der Waals surface area contributed by atoms with Crippen LogP contribution in [0.15, 0.2) is 83.3 Å². The summed E-state index contributed by atoms with van der Waals surface area (Å²) in [6.45, 7) is 6.39. The SMILES string of the molecule is CCCCNC(=O)C(Cc1ccccc1)N(Cc1ccc(Br)cc1)C(=O)CN(c1ccc(C(C)C)cc1)S(C)(=O)=O. The van der Waals surface area contributed by atoms with E-state index in [0.717, 1.165) is 44.6 Å². The molecule has 0 saturated carbocycles. The minimum Gasteiger partial charge on any atom is -0.354 e. The van der Waals surface area contributed by atoms with E-state index in [2.05, 4.69) is 35.1 Å². The number of sulfonamides is 1. The maximum Gasteiger partial charge on any atom is 0.244 e.